The summed E-state index contributed by atoms with van der Waals surface area (Å²) in [7, 11) is 0. The summed E-state index contributed by atoms with van der Waals surface area (Å²) in [5.74, 6) is 0.924. The molecule has 1 heterocycles. The van der Waals surface area contributed by atoms with Gasteiger partial charge < -0.3 is 9.94 Å². The van der Waals surface area contributed by atoms with Gasteiger partial charge in [0.25, 0.3) is 0 Å². The van der Waals surface area contributed by atoms with Gasteiger partial charge in [0.05, 0.1) is 6.61 Å². The number of aromatic nitrogens is 1. The molecule has 0 aliphatic rings. The average Bonchev–Trinajstić information content (AvgIpc) is 2.61. The first-order chi connectivity index (χ1) is 11.8. The molecule has 128 valence electrons. The zero-order valence-electron chi connectivity index (χ0n) is 14.5. The predicted molar refractivity (Wildman–Crippen MR) is 99.6 cm³/mol. The Hall–Kier alpha value is -2.29. The monoisotopic (exact) mass is 325 g/mol. The van der Waals surface area contributed by atoms with Crippen molar-refractivity contribution in [2.45, 2.75) is 45.4 Å². The fraction of sp³-hybridized carbons (Fsp3) is 0.381. The summed E-state index contributed by atoms with van der Waals surface area (Å²) in [6.45, 7) is 3.03. The second kappa shape index (κ2) is 10.5. The first-order valence-electron chi connectivity index (χ1n) is 8.87. The van der Waals surface area contributed by atoms with E-state index in [1.807, 2.05) is 36.4 Å². The van der Waals surface area contributed by atoms with Crippen LogP contribution in [0.3, 0.4) is 0 Å². The van der Waals surface area contributed by atoms with Gasteiger partial charge in [0.15, 0.2) is 12.4 Å². The van der Waals surface area contributed by atoms with E-state index in [1.54, 1.807) is 12.1 Å². The molecule has 1 aromatic carbocycles. The lowest BCUT2D eigenvalue weighted by atomic mass is 10.1. The van der Waals surface area contributed by atoms with Crippen LogP contribution >= 0.6 is 0 Å². The van der Waals surface area contributed by atoms with Crippen LogP contribution in [-0.4, -0.2) is 6.61 Å². The van der Waals surface area contributed by atoms with Gasteiger partial charge in [-0.05, 0) is 29.7 Å². The number of benzene rings is 1. The first kappa shape index (κ1) is 18.1. The highest BCUT2D eigenvalue weighted by Gasteiger charge is 1.95. The Balaban J connectivity index is 1.71. The Morgan fingerprint density at radius 1 is 0.833 bits per heavy atom. The summed E-state index contributed by atoms with van der Waals surface area (Å²) >= 11 is 0. The van der Waals surface area contributed by atoms with Crippen LogP contribution in [0.2, 0.25) is 0 Å². The molecule has 0 saturated carbocycles. The molecule has 0 atom stereocenters. The van der Waals surface area contributed by atoms with Gasteiger partial charge in [0.2, 0.25) is 0 Å². The summed E-state index contributed by atoms with van der Waals surface area (Å²) in [6, 6.07) is 11.7. The van der Waals surface area contributed by atoms with Crippen molar-refractivity contribution in [1.29, 1.82) is 0 Å². The van der Waals surface area contributed by atoms with E-state index >= 15 is 0 Å². The maximum Gasteiger partial charge on any atom is 0.180 e. The van der Waals surface area contributed by atoms with Crippen LogP contribution in [0.15, 0.2) is 48.8 Å². The Morgan fingerprint density at radius 2 is 1.42 bits per heavy atom. The highest BCUT2D eigenvalue weighted by Crippen LogP contribution is 2.15. The first-order valence-corrected chi connectivity index (χ1v) is 8.87. The molecule has 3 heteroatoms. The van der Waals surface area contributed by atoms with Gasteiger partial charge in [-0.1, -0.05) is 63.3 Å². The Kier molecular flexibility index (Phi) is 7.88. The quantitative estimate of drug-likeness (QED) is 0.341. The van der Waals surface area contributed by atoms with Crippen LogP contribution in [-0.2, 0) is 0 Å². The fourth-order valence-electron chi connectivity index (χ4n) is 2.48. The smallest absolute Gasteiger partial charge is 0.180 e. The number of nitrogens with zero attached hydrogens (tertiary/aromatic N) is 1. The summed E-state index contributed by atoms with van der Waals surface area (Å²) in [5, 5.41) is 11.0. The molecule has 0 saturated heterocycles. The third kappa shape index (κ3) is 6.86. The third-order valence-corrected chi connectivity index (χ3v) is 3.94. The fourth-order valence-corrected chi connectivity index (χ4v) is 2.48. The molecule has 0 amide bonds. The molecular weight excluding hydrogens is 298 g/mol. The average molecular weight is 325 g/mol. The topological polar surface area (TPSA) is 36.2 Å². The maximum absolute atomic E-state index is 11.0. The van der Waals surface area contributed by atoms with Crippen LogP contribution in [0, 0.1) is 5.21 Å². The van der Waals surface area contributed by atoms with E-state index in [4.69, 9.17) is 4.74 Å². The molecule has 24 heavy (non-hydrogen) atoms. The second-order valence-electron chi connectivity index (χ2n) is 6.01. The second-order valence-corrected chi connectivity index (χ2v) is 6.01. The zero-order chi connectivity index (χ0) is 17.0. The molecule has 0 bridgehead atoms. The Bertz CT molecular complexity index is 603. The van der Waals surface area contributed by atoms with Crippen molar-refractivity contribution in [3.8, 4) is 5.75 Å². The lowest BCUT2D eigenvalue weighted by Gasteiger charge is -2.06. The highest BCUT2D eigenvalue weighted by molar-refractivity contribution is 5.69. The van der Waals surface area contributed by atoms with Crippen molar-refractivity contribution in [3.05, 3.63) is 65.1 Å². The minimum absolute atomic E-state index is 0.785. The van der Waals surface area contributed by atoms with Gasteiger partial charge >= 0.3 is 0 Å². The summed E-state index contributed by atoms with van der Waals surface area (Å²) < 4.78 is 6.57. The number of pyridine rings is 1. The van der Waals surface area contributed by atoms with E-state index in [0.29, 0.717) is 0 Å². The van der Waals surface area contributed by atoms with Gasteiger partial charge in [-0.3, -0.25) is 0 Å². The summed E-state index contributed by atoms with van der Waals surface area (Å²) in [4.78, 5) is 0. The van der Waals surface area contributed by atoms with Crippen molar-refractivity contribution in [2.24, 2.45) is 0 Å². The molecule has 0 unspecified atom stereocenters. The minimum Gasteiger partial charge on any atom is -0.619 e. The molecule has 2 aromatic rings. The van der Waals surface area contributed by atoms with E-state index in [1.165, 1.54) is 44.5 Å². The van der Waals surface area contributed by atoms with Gasteiger partial charge in [0.1, 0.15) is 5.75 Å². The predicted octanol–water partition coefficient (Wildman–Crippen LogP) is 5.23. The SMILES string of the molecule is CCCCCCCCOc1ccc(/C=C/c2cc[n+]([O-])cc2)cc1. The van der Waals surface area contributed by atoms with E-state index in [0.717, 1.165) is 34.6 Å². The lowest BCUT2D eigenvalue weighted by molar-refractivity contribution is -0.605. The largest absolute Gasteiger partial charge is 0.619 e. The molecule has 0 N–H and O–H groups in total. The van der Waals surface area contributed by atoms with Gasteiger partial charge in [-0.2, -0.15) is 4.73 Å². The van der Waals surface area contributed by atoms with E-state index in [-0.39, 0.29) is 0 Å². The zero-order valence-corrected chi connectivity index (χ0v) is 14.5. The van der Waals surface area contributed by atoms with Crippen molar-refractivity contribution in [2.75, 3.05) is 6.61 Å². The van der Waals surface area contributed by atoms with E-state index in [9.17, 15) is 5.21 Å². The van der Waals surface area contributed by atoms with Crippen molar-refractivity contribution < 1.29 is 9.47 Å². The lowest BCUT2D eigenvalue weighted by Crippen LogP contribution is -2.23. The standard InChI is InChI=1S/C21H27NO2/c1-2-3-4-5-6-7-18-24-21-12-10-19(11-13-21)8-9-20-14-16-22(23)17-15-20/h8-17H,2-7,18H2,1H3/b9-8+. The van der Waals surface area contributed by atoms with Gasteiger partial charge in [-0.25, -0.2) is 0 Å². The van der Waals surface area contributed by atoms with Crippen LogP contribution in [0.4, 0.5) is 0 Å². The third-order valence-electron chi connectivity index (χ3n) is 3.94. The molecule has 1 aromatic heterocycles. The molecule has 2 rings (SSSR count). The van der Waals surface area contributed by atoms with Crippen molar-refractivity contribution in [3.63, 3.8) is 0 Å². The molecule has 0 radical (unpaired) electrons. The van der Waals surface area contributed by atoms with E-state index < -0.39 is 0 Å². The van der Waals surface area contributed by atoms with Crippen LogP contribution in [0.1, 0.15) is 56.6 Å². The Morgan fingerprint density at radius 3 is 2.08 bits per heavy atom. The molecule has 0 aliphatic carbocycles. The van der Waals surface area contributed by atoms with Crippen LogP contribution < -0.4 is 9.47 Å². The molecular formula is C21H27NO2. The summed E-state index contributed by atoms with van der Waals surface area (Å²) in [6.07, 6.45) is 14.7. The molecule has 0 aliphatic heterocycles. The van der Waals surface area contributed by atoms with Crippen LogP contribution in [0.5, 0.6) is 5.75 Å². The highest BCUT2D eigenvalue weighted by atomic mass is 16.5. The number of hydrogen-bond donors (Lipinski definition) is 0. The minimum atomic E-state index is 0.785. The molecule has 0 spiro atoms. The number of unbranched alkanes of at least 4 members (excludes halogenated alkanes) is 5. The van der Waals surface area contributed by atoms with Crippen LogP contribution in [0.25, 0.3) is 12.2 Å². The van der Waals surface area contributed by atoms with Gasteiger partial charge in [0, 0.05) is 12.1 Å². The molecule has 3 nitrogen and oxygen atoms in total. The molecule has 0 fully saturated rings. The summed E-state index contributed by atoms with van der Waals surface area (Å²) in [5.41, 5.74) is 2.12. The number of ether oxygens (including phenoxy) is 1. The number of hydrogen-bond acceptors (Lipinski definition) is 2. The van der Waals surface area contributed by atoms with Gasteiger partial charge in [-0.15, -0.1) is 0 Å². The van der Waals surface area contributed by atoms with E-state index in [2.05, 4.69) is 6.92 Å². The normalized spacial score (nSPS) is 11.0. The van der Waals surface area contributed by atoms with Crippen molar-refractivity contribution >= 4 is 12.2 Å². The maximum atomic E-state index is 11.0. The number of rotatable bonds is 10. The Labute approximate surface area is 145 Å². The van der Waals surface area contributed by atoms with Crippen molar-refractivity contribution in [1.82, 2.24) is 0 Å².